The zero-order chi connectivity index (χ0) is 13.2. The average Bonchev–Trinajstić information content (AvgIpc) is 3.09. The van der Waals surface area contributed by atoms with E-state index in [-0.39, 0.29) is 17.7 Å². The van der Waals surface area contributed by atoms with Crippen molar-refractivity contribution in [3.05, 3.63) is 40.6 Å². The number of hydrogen-bond acceptors (Lipinski definition) is 5. The summed E-state index contributed by atoms with van der Waals surface area (Å²) in [6, 6.07) is 1.58. The molecule has 0 saturated carbocycles. The van der Waals surface area contributed by atoms with Gasteiger partial charge in [0, 0.05) is 24.3 Å². The number of hydrogen-bond donors (Lipinski definition) is 1. The number of aromatic hydroxyl groups is 1. The van der Waals surface area contributed by atoms with Crippen molar-refractivity contribution in [3.63, 3.8) is 0 Å². The van der Waals surface area contributed by atoms with Crippen LogP contribution >= 0.6 is 11.3 Å². The van der Waals surface area contributed by atoms with Gasteiger partial charge in [-0.05, 0) is 18.9 Å². The van der Waals surface area contributed by atoms with Crippen LogP contribution in [0.15, 0.2) is 30.0 Å². The highest BCUT2D eigenvalue weighted by molar-refractivity contribution is 7.09. The number of pyridine rings is 1. The highest BCUT2D eigenvalue weighted by Crippen LogP contribution is 2.34. The third kappa shape index (κ3) is 2.19. The van der Waals surface area contributed by atoms with Gasteiger partial charge in [0.1, 0.15) is 10.8 Å². The third-order valence-corrected chi connectivity index (χ3v) is 4.16. The minimum absolute atomic E-state index is 0.0278. The largest absolute Gasteiger partial charge is 0.505 e. The smallest absolute Gasteiger partial charge is 0.258 e. The summed E-state index contributed by atoms with van der Waals surface area (Å²) in [6.07, 6.45) is 6.45. The van der Waals surface area contributed by atoms with Crippen LogP contribution in [0.3, 0.4) is 0 Å². The van der Waals surface area contributed by atoms with Crippen LogP contribution in [0.2, 0.25) is 0 Å². The molecule has 1 aliphatic heterocycles. The average molecular weight is 275 g/mol. The Labute approximate surface area is 114 Å². The first-order chi connectivity index (χ1) is 9.27. The van der Waals surface area contributed by atoms with E-state index in [1.54, 1.807) is 28.5 Å². The van der Waals surface area contributed by atoms with Crippen LogP contribution in [0.4, 0.5) is 0 Å². The lowest BCUT2D eigenvalue weighted by Crippen LogP contribution is -2.30. The van der Waals surface area contributed by atoms with E-state index < -0.39 is 0 Å². The fraction of sp³-hybridized carbons (Fsp3) is 0.308. The first-order valence-corrected chi connectivity index (χ1v) is 6.98. The Bertz CT molecular complexity index is 585. The monoisotopic (exact) mass is 275 g/mol. The van der Waals surface area contributed by atoms with Crippen LogP contribution < -0.4 is 0 Å². The van der Waals surface area contributed by atoms with Crippen LogP contribution in [0.5, 0.6) is 5.75 Å². The molecule has 98 valence electrons. The van der Waals surface area contributed by atoms with E-state index in [0.29, 0.717) is 12.1 Å². The number of nitrogens with zero attached hydrogens (tertiary/aromatic N) is 3. The number of likely N-dealkylation sites (tertiary alicyclic amines) is 1. The number of carbonyl (C=O) groups excluding carboxylic acids is 1. The van der Waals surface area contributed by atoms with Crippen molar-refractivity contribution in [1.29, 1.82) is 0 Å². The number of carbonyl (C=O) groups is 1. The lowest BCUT2D eigenvalue weighted by atomic mass is 10.2. The highest BCUT2D eigenvalue weighted by Gasteiger charge is 2.33. The molecule has 0 radical (unpaired) electrons. The molecule has 0 unspecified atom stereocenters. The molecule has 19 heavy (non-hydrogen) atoms. The molecule has 1 amide bonds. The van der Waals surface area contributed by atoms with E-state index in [2.05, 4.69) is 9.97 Å². The van der Waals surface area contributed by atoms with Crippen molar-refractivity contribution < 1.29 is 9.90 Å². The maximum Gasteiger partial charge on any atom is 0.258 e. The van der Waals surface area contributed by atoms with Gasteiger partial charge in [-0.2, -0.15) is 0 Å². The second-order valence-electron chi connectivity index (χ2n) is 4.42. The lowest BCUT2D eigenvalue weighted by molar-refractivity contribution is 0.0732. The summed E-state index contributed by atoms with van der Waals surface area (Å²) < 4.78 is 0. The normalized spacial score (nSPS) is 18.7. The number of aromatic nitrogens is 2. The van der Waals surface area contributed by atoms with Gasteiger partial charge in [0.05, 0.1) is 17.8 Å². The van der Waals surface area contributed by atoms with Gasteiger partial charge >= 0.3 is 0 Å². The van der Waals surface area contributed by atoms with E-state index >= 15 is 0 Å². The maximum absolute atomic E-state index is 12.5. The lowest BCUT2D eigenvalue weighted by Gasteiger charge is -2.23. The molecule has 6 heteroatoms. The summed E-state index contributed by atoms with van der Waals surface area (Å²) in [5, 5.41) is 12.6. The van der Waals surface area contributed by atoms with Crippen LogP contribution in [-0.4, -0.2) is 32.4 Å². The summed E-state index contributed by atoms with van der Waals surface area (Å²) in [4.78, 5) is 22.4. The van der Waals surface area contributed by atoms with Gasteiger partial charge in [-0.15, -0.1) is 11.3 Å². The van der Waals surface area contributed by atoms with E-state index in [9.17, 15) is 9.90 Å². The number of thiazole rings is 1. The number of rotatable bonds is 2. The number of amides is 1. The van der Waals surface area contributed by atoms with Crippen LogP contribution in [-0.2, 0) is 0 Å². The minimum atomic E-state index is -0.155. The molecule has 1 atom stereocenters. The van der Waals surface area contributed by atoms with Crippen LogP contribution in [0, 0.1) is 0 Å². The van der Waals surface area contributed by atoms with Crippen molar-refractivity contribution >= 4 is 17.2 Å². The van der Waals surface area contributed by atoms with Gasteiger partial charge in [0.2, 0.25) is 0 Å². The van der Waals surface area contributed by atoms with Gasteiger partial charge in [-0.25, -0.2) is 4.98 Å². The Morgan fingerprint density at radius 2 is 2.37 bits per heavy atom. The molecule has 2 aromatic rings. The summed E-state index contributed by atoms with van der Waals surface area (Å²) in [5.74, 6) is -0.227. The van der Waals surface area contributed by atoms with Crippen molar-refractivity contribution in [3.8, 4) is 5.75 Å². The topological polar surface area (TPSA) is 66.3 Å². The van der Waals surface area contributed by atoms with Gasteiger partial charge < -0.3 is 10.0 Å². The van der Waals surface area contributed by atoms with Crippen molar-refractivity contribution in [2.24, 2.45) is 0 Å². The Morgan fingerprint density at radius 3 is 3.11 bits per heavy atom. The van der Waals surface area contributed by atoms with Crippen LogP contribution in [0.25, 0.3) is 0 Å². The molecule has 0 aromatic carbocycles. The van der Waals surface area contributed by atoms with Gasteiger partial charge in [-0.1, -0.05) is 0 Å². The summed E-state index contributed by atoms with van der Waals surface area (Å²) >= 11 is 1.56. The molecular weight excluding hydrogens is 262 g/mol. The molecule has 1 saturated heterocycles. The molecule has 1 N–H and O–H groups in total. The molecule has 5 nitrogen and oxygen atoms in total. The summed E-state index contributed by atoms with van der Waals surface area (Å²) in [5.41, 5.74) is 0.304. The maximum atomic E-state index is 12.5. The van der Waals surface area contributed by atoms with Gasteiger partial charge in [0.15, 0.2) is 0 Å². The summed E-state index contributed by atoms with van der Waals surface area (Å²) in [7, 11) is 0. The fourth-order valence-electron chi connectivity index (χ4n) is 2.39. The van der Waals surface area contributed by atoms with Crippen molar-refractivity contribution in [2.75, 3.05) is 6.54 Å². The second-order valence-corrected chi connectivity index (χ2v) is 5.35. The van der Waals surface area contributed by atoms with Crippen molar-refractivity contribution in [2.45, 2.75) is 18.9 Å². The standard InChI is InChI=1S/C13H13N3O2S/c17-11-8-14-4-3-9(11)13(18)16-6-1-2-10(16)12-15-5-7-19-12/h3-5,7-8,10,17H,1-2,6H2/t10-/m0/s1. The highest BCUT2D eigenvalue weighted by atomic mass is 32.1. The van der Waals surface area contributed by atoms with Crippen LogP contribution in [0.1, 0.15) is 34.2 Å². The zero-order valence-corrected chi connectivity index (χ0v) is 11.0. The Kier molecular flexibility index (Phi) is 3.16. The van der Waals surface area contributed by atoms with E-state index in [4.69, 9.17) is 0 Å². The SMILES string of the molecule is O=C(c1ccncc1O)N1CCC[C@H]1c1nccs1. The molecule has 0 spiro atoms. The molecule has 1 aliphatic rings. The molecule has 1 fully saturated rings. The van der Waals surface area contributed by atoms with Gasteiger partial charge in [0.25, 0.3) is 5.91 Å². The molecule has 3 rings (SSSR count). The Hall–Kier alpha value is -1.95. The zero-order valence-electron chi connectivity index (χ0n) is 10.2. The predicted octanol–water partition coefficient (Wildman–Crippen LogP) is 2.22. The molecule has 3 heterocycles. The first kappa shape index (κ1) is 12.1. The Balaban J connectivity index is 1.89. The molecule has 2 aromatic heterocycles. The van der Waals surface area contributed by atoms with E-state index in [0.717, 1.165) is 17.8 Å². The van der Waals surface area contributed by atoms with E-state index in [1.807, 2.05) is 5.38 Å². The van der Waals surface area contributed by atoms with Crippen molar-refractivity contribution in [1.82, 2.24) is 14.9 Å². The van der Waals surface area contributed by atoms with E-state index in [1.165, 1.54) is 12.4 Å². The minimum Gasteiger partial charge on any atom is -0.505 e. The molecular formula is C13H13N3O2S. The summed E-state index contributed by atoms with van der Waals surface area (Å²) in [6.45, 7) is 0.699. The van der Waals surface area contributed by atoms with Gasteiger partial charge in [-0.3, -0.25) is 9.78 Å². The Morgan fingerprint density at radius 1 is 1.47 bits per heavy atom. The quantitative estimate of drug-likeness (QED) is 0.912. The molecule has 0 bridgehead atoms. The molecule has 0 aliphatic carbocycles. The first-order valence-electron chi connectivity index (χ1n) is 6.10. The second kappa shape index (κ2) is 4.97. The fourth-order valence-corrected chi connectivity index (χ4v) is 3.17. The predicted molar refractivity (Wildman–Crippen MR) is 71.0 cm³/mol. The third-order valence-electron chi connectivity index (χ3n) is 3.28.